The molecule has 0 aromatic rings. The summed E-state index contributed by atoms with van der Waals surface area (Å²) in [6.07, 6.45) is 11.4. The Morgan fingerprint density at radius 2 is 1.40 bits per heavy atom. The van der Waals surface area contributed by atoms with Gasteiger partial charge in [0.1, 0.15) is 0 Å². The molecule has 4 fully saturated rings. The number of methoxy groups -OCH3 is 2. The van der Waals surface area contributed by atoms with E-state index in [9.17, 15) is 5.11 Å². The minimum atomic E-state index is -0.419. The fourth-order valence-electron chi connectivity index (χ4n) is 8.00. The smallest absolute Gasteiger partial charge is 0.168 e. The second kappa shape index (κ2) is 5.45. The fraction of sp³-hybridized carbons (Fsp3) is 1.00. The van der Waals surface area contributed by atoms with E-state index < -0.39 is 11.4 Å². The Morgan fingerprint density at radius 1 is 0.760 bits per heavy atom. The highest BCUT2D eigenvalue weighted by atomic mass is 16.7. The number of rotatable bonds is 2. The van der Waals surface area contributed by atoms with Gasteiger partial charge in [-0.1, -0.05) is 20.8 Å². The van der Waals surface area contributed by atoms with Crippen LogP contribution in [0.5, 0.6) is 0 Å². The average molecular weight is 351 g/mol. The summed E-state index contributed by atoms with van der Waals surface area (Å²) in [5.74, 6) is 0.729. The number of aliphatic hydroxyl groups is 1. The van der Waals surface area contributed by atoms with E-state index in [0.717, 1.165) is 25.7 Å². The van der Waals surface area contributed by atoms with E-state index in [4.69, 9.17) is 9.47 Å². The van der Waals surface area contributed by atoms with E-state index in [1.165, 1.54) is 38.5 Å². The molecule has 6 atom stereocenters. The SMILES string of the molecule is COC1(OC)CC[C@]2(C)[C@@H]3CC[C@]4(C)CCC[C@@]4(O)[C@@H]3CC[C@@]2(C)C1. The Labute approximate surface area is 153 Å². The molecule has 0 amide bonds. The van der Waals surface area contributed by atoms with Gasteiger partial charge in [0.25, 0.3) is 0 Å². The highest BCUT2D eigenvalue weighted by Gasteiger charge is 2.68. The molecular weight excluding hydrogens is 312 g/mol. The fourth-order valence-corrected chi connectivity index (χ4v) is 8.00. The zero-order chi connectivity index (χ0) is 18.1. The molecule has 0 saturated heterocycles. The van der Waals surface area contributed by atoms with Crippen molar-refractivity contribution in [1.82, 2.24) is 0 Å². The molecule has 144 valence electrons. The molecule has 0 bridgehead atoms. The van der Waals surface area contributed by atoms with Crippen LogP contribution in [0.2, 0.25) is 0 Å². The molecule has 4 rings (SSSR count). The van der Waals surface area contributed by atoms with Crippen molar-refractivity contribution in [2.24, 2.45) is 28.1 Å². The van der Waals surface area contributed by atoms with Gasteiger partial charge in [-0.05, 0) is 79.4 Å². The van der Waals surface area contributed by atoms with Crippen molar-refractivity contribution in [2.45, 2.75) is 96.4 Å². The predicted molar refractivity (Wildman–Crippen MR) is 99.2 cm³/mol. The van der Waals surface area contributed by atoms with Crippen molar-refractivity contribution in [1.29, 1.82) is 0 Å². The largest absolute Gasteiger partial charge is 0.389 e. The van der Waals surface area contributed by atoms with Crippen LogP contribution in [0.1, 0.15) is 85.0 Å². The van der Waals surface area contributed by atoms with Crippen molar-refractivity contribution in [2.75, 3.05) is 14.2 Å². The summed E-state index contributed by atoms with van der Waals surface area (Å²) < 4.78 is 11.7. The van der Waals surface area contributed by atoms with Crippen LogP contribution in [-0.4, -0.2) is 30.7 Å². The summed E-state index contributed by atoms with van der Waals surface area (Å²) >= 11 is 0. The Hall–Kier alpha value is -0.120. The third-order valence-electron chi connectivity index (χ3n) is 10.1. The number of fused-ring (bicyclic) bond motifs is 5. The first kappa shape index (κ1) is 18.3. The molecule has 25 heavy (non-hydrogen) atoms. The summed E-state index contributed by atoms with van der Waals surface area (Å²) in [6.45, 7) is 7.37. The predicted octanol–water partition coefficient (Wildman–Crippen LogP) is 4.91. The Balaban J connectivity index is 1.68. The number of ether oxygens (including phenoxy) is 2. The van der Waals surface area contributed by atoms with Crippen molar-refractivity contribution in [3.8, 4) is 0 Å². The molecule has 0 unspecified atom stereocenters. The van der Waals surface area contributed by atoms with Crippen molar-refractivity contribution < 1.29 is 14.6 Å². The third kappa shape index (κ3) is 2.15. The molecule has 0 radical (unpaired) electrons. The summed E-state index contributed by atoms with van der Waals surface area (Å²) in [7, 11) is 3.60. The van der Waals surface area contributed by atoms with E-state index in [1.807, 2.05) is 0 Å². The van der Waals surface area contributed by atoms with Gasteiger partial charge >= 0.3 is 0 Å². The molecule has 3 nitrogen and oxygen atoms in total. The lowest BCUT2D eigenvalue weighted by atomic mass is 9.39. The molecule has 3 heteroatoms. The zero-order valence-corrected chi connectivity index (χ0v) is 17.0. The first-order valence-corrected chi connectivity index (χ1v) is 10.5. The van der Waals surface area contributed by atoms with Crippen LogP contribution in [0, 0.1) is 28.1 Å². The van der Waals surface area contributed by atoms with Gasteiger partial charge in [0.15, 0.2) is 5.79 Å². The average Bonchev–Trinajstić information content (AvgIpc) is 2.90. The van der Waals surface area contributed by atoms with Gasteiger partial charge in [-0.2, -0.15) is 0 Å². The van der Waals surface area contributed by atoms with E-state index in [-0.39, 0.29) is 16.2 Å². The van der Waals surface area contributed by atoms with Crippen LogP contribution < -0.4 is 0 Å². The maximum Gasteiger partial charge on any atom is 0.168 e. The molecule has 0 aromatic carbocycles. The van der Waals surface area contributed by atoms with E-state index >= 15 is 0 Å². The molecule has 1 N–H and O–H groups in total. The van der Waals surface area contributed by atoms with Crippen molar-refractivity contribution in [3.05, 3.63) is 0 Å². The standard InChI is InChI=1S/C22H38O3/c1-18-9-6-10-22(18,23)17-8-12-19(2)15-21(24-4,25-5)14-13-20(19,3)16(17)7-11-18/h16-17,23H,6-15H2,1-5H3/t16-,17-,18+,19+,20-,22-/m1/s1. The highest BCUT2D eigenvalue weighted by molar-refractivity contribution is 5.17. The lowest BCUT2D eigenvalue weighted by molar-refractivity contribution is -0.292. The summed E-state index contributed by atoms with van der Waals surface area (Å²) in [6, 6.07) is 0. The van der Waals surface area contributed by atoms with Gasteiger partial charge < -0.3 is 14.6 Å². The highest BCUT2D eigenvalue weighted by Crippen LogP contribution is 2.71. The van der Waals surface area contributed by atoms with E-state index in [0.29, 0.717) is 11.8 Å². The van der Waals surface area contributed by atoms with Gasteiger partial charge in [0, 0.05) is 27.1 Å². The van der Waals surface area contributed by atoms with E-state index in [1.54, 1.807) is 14.2 Å². The molecular formula is C22H38O3. The van der Waals surface area contributed by atoms with Gasteiger partial charge in [-0.25, -0.2) is 0 Å². The normalized spacial score (nSPS) is 54.5. The van der Waals surface area contributed by atoms with E-state index in [2.05, 4.69) is 20.8 Å². The summed E-state index contributed by atoms with van der Waals surface area (Å²) in [5, 5.41) is 11.8. The number of hydrogen-bond acceptors (Lipinski definition) is 3. The lowest BCUT2D eigenvalue weighted by Gasteiger charge is -2.67. The van der Waals surface area contributed by atoms with Crippen LogP contribution >= 0.6 is 0 Å². The first-order valence-electron chi connectivity index (χ1n) is 10.5. The quantitative estimate of drug-likeness (QED) is 0.719. The minimum Gasteiger partial charge on any atom is -0.389 e. The molecule has 4 saturated carbocycles. The second-order valence-corrected chi connectivity index (χ2v) is 10.6. The molecule has 4 aliphatic carbocycles. The zero-order valence-electron chi connectivity index (χ0n) is 17.0. The summed E-state index contributed by atoms with van der Waals surface area (Å²) in [4.78, 5) is 0. The molecule has 0 spiro atoms. The van der Waals surface area contributed by atoms with Crippen LogP contribution in [-0.2, 0) is 9.47 Å². The van der Waals surface area contributed by atoms with Crippen LogP contribution in [0.3, 0.4) is 0 Å². The molecule has 0 aromatic heterocycles. The number of hydrogen-bond donors (Lipinski definition) is 1. The Kier molecular flexibility index (Phi) is 3.98. The molecule has 0 heterocycles. The lowest BCUT2D eigenvalue weighted by Crippen LogP contribution is -2.65. The first-order chi connectivity index (χ1) is 11.7. The molecule has 0 aliphatic heterocycles. The Bertz CT molecular complexity index is 543. The van der Waals surface area contributed by atoms with Crippen molar-refractivity contribution >= 4 is 0 Å². The Morgan fingerprint density at radius 3 is 2.08 bits per heavy atom. The topological polar surface area (TPSA) is 38.7 Å². The van der Waals surface area contributed by atoms with Gasteiger partial charge in [-0.3, -0.25) is 0 Å². The maximum atomic E-state index is 11.8. The maximum absolute atomic E-state index is 11.8. The molecule has 4 aliphatic rings. The van der Waals surface area contributed by atoms with Crippen LogP contribution in [0.25, 0.3) is 0 Å². The van der Waals surface area contributed by atoms with Gasteiger partial charge in [0.05, 0.1) is 5.60 Å². The minimum absolute atomic E-state index is 0.162. The third-order valence-corrected chi connectivity index (χ3v) is 10.1. The van der Waals surface area contributed by atoms with Crippen LogP contribution in [0.4, 0.5) is 0 Å². The van der Waals surface area contributed by atoms with Gasteiger partial charge in [0.2, 0.25) is 0 Å². The second-order valence-electron chi connectivity index (χ2n) is 10.6. The van der Waals surface area contributed by atoms with Gasteiger partial charge in [-0.15, -0.1) is 0 Å². The summed E-state index contributed by atoms with van der Waals surface area (Å²) in [5.41, 5.74) is 0.268. The van der Waals surface area contributed by atoms with Crippen LogP contribution in [0.15, 0.2) is 0 Å². The monoisotopic (exact) mass is 350 g/mol. The van der Waals surface area contributed by atoms with Crippen molar-refractivity contribution in [3.63, 3.8) is 0 Å².